The predicted molar refractivity (Wildman–Crippen MR) is 55.1 cm³/mol. The second-order valence-corrected chi connectivity index (χ2v) is 4.15. The van der Waals surface area contributed by atoms with Crippen molar-refractivity contribution in [1.82, 2.24) is 9.47 Å². The minimum atomic E-state index is 0.168. The van der Waals surface area contributed by atoms with E-state index >= 15 is 0 Å². The van der Waals surface area contributed by atoms with Crippen molar-refractivity contribution in [1.29, 1.82) is 0 Å². The summed E-state index contributed by atoms with van der Waals surface area (Å²) in [7, 11) is 1.91. The Balaban J connectivity index is 2.13. The van der Waals surface area contributed by atoms with Crippen molar-refractivity contribution in [2.45, 2.75) is 13.3 Å². The van der Waals surface area contributed by atoms with E-state index in [1.165, 1.54) is 0 Å². The molecule has 2 heterocycles. The number of hydrogen-bond acceptors (Lipinski definition) is 1. The van der Waals surface area contributed by atoms with Gasteiger partial charge in [0.15, 0.2) is 0 Å². The van der Waals surface area contributed by atoms with E-state index in [-0.39, 0.29) is 5.91 Å². The third-order valence-corrected chi connectivity index (χ3v) is 2.87. The van der Waals surface area contributed by atoms with Gasteiger partial charge in [0.05, 0.1) is 0 Å². The van der Waals surface area contributed by atoms with E-state index in [2.05, 4.69) is 6.92 Å². The Morgan fingerprint density at radius 3 is 2.86 bits per heavy atom. The molecule has 1 aromatic heterocycles. The lowest BCUT2D eigenvalue weighted by Gasteiger charge is -2.15. The SMILES string of the molecule is C[C@@H]1CCN(C(=O)c2cccn2C)C1. The fourth-order valence-corrected chi connectivity index (χ4v) is 1.96. The van der Waals surface area contributed by atoms with Gasteiger partial charge in [0.2, 0.25) is 0 Å². The molecule has 0 saturated carbocycles. The first kappa shape index (κ1) is 9.31. The molecule has 0 radical (unpaired) electrons. The number of carbonyl (C=O) groups is 1. The van der Waals surface area contributed by atoms with E-state index in [1.54, 1.807) is 0 Å². The predicted octanol–water partition coefficient (Wildman–Crippen LogP) is 1.51. The van der Waals surface area contributed by atoms with Gasteiger partial charge < -0.3 is 9.47 Å². The van der Waals surface area contributed by atoms with Crippen LogP contribution >= 0.6 is 0 Å². The molecule has 1 aromatic rings. The molecular weight excluding hydrogens is 176 g/mol. The summed E-state index contributed by atoms with van der Waals surface area (Å²) in [5.41, 5.74) is 0.791. The van der Waals surface area contributed by atoms with E-state index in [0.717, 1.165) is 25.2 Å². The number of nitrogens with zero attached hydrogens (tertiary/aromatic N) is 2. The standard InChI is InChI=1S/C11H16N2O/c1-9-5-7-13(8-9)11(14)10-4-3-6-12(10)2/h3-4,6,9H,5,7-8H2,1-2H3/t9-/m1/s1. The summed E-state index contributed by atoms with van der Waals surface area (Å²) in [6.07, 6.45) is 3.04. The van der Waals surface area contributed by atoms with Crippen LogP contribution in [0.15, 0.2) is 18.3 Å². The molecule has 1 fully saturated rings. The molecule has 0 bridgehead atoms. The van der Waals surface area contributed by atoms with Gasteiger partial charge in [0.25, 0.3) is 5.91 Å². The highest BCUT2D eigenvalue weighted by molar-refractivity contribution is 5.92. The lowest BCUT2D eigenvalue weighted by atomic mass is 10.2. The first-order valence-corrected chi connectivity index (χ1v) is 5.09. The molecule has 1 saturated heterocycles. The van der Waals surface area contributed by atoms with Crippen molar-refractivity contribution >= 4 is 5.91 Å². The smallest absolute Gasteiger partial charge is 0.270 e. The van der Waals surface area contributed by atoms with Crippen molar-refractivity contribution in [2.75, 3.05) is 13.1 Å². The van der Waals surface area contributed by atoms with E-state index in [4.69, 9.17) is 0 Å². The molecule has 3 heteroatoms. The number of aryl methyl sites for hydroxylation is 1. The summed E-state index contributed by atoms with van der Waals surface area (Å²) in [5.74, 6) is 0.820. The Bertz CT molecular complexity index is 343. The number of amides is 1. The third kappa shape index (κ3) is 1.54. The molecule has 14 heavy (non-hydrogen) atoms. The van der Waals surface area contributed by atoms with Crippen molar-refractivity contribution in [3.8, 4) is 0 Å². The van der Waals surface area contributed by atoms with Crippen molar-refractivity contribution in [3.63, 3.8) is 0 Å². The summed E-state index contributed by atoms with van der Waals surface area (Å²) < 4.78 is 1.88. The van der Waals surface area contributed by atoms with Crippen LogP contribution in [0.5, 0.6) is 0 Å². The number of rotatable bonds is 1. The Morgan fingerprint density at radius 2 is 2.36 bits per heavy atom. The lowest BCUT2D eigenvalue weighted by Crippen LogP contribution is -2.29. The summed E-state index contributed by atoms with van der Waals surface area (Å²) in [6.45, 7) is 4.01. The highest BCUT2D eigenvalue weighted by atomic mass is 16.2. The van der Waals surface area contributed by atoms with Gasteiger partial charge in [-0.3, -0.25) is 4.79 Å². The van der Waals surface area contributed by atoms with Crippen LogP contribution in [0, 0.1) is 5.92 Å². The molecule has 1 amide bonds. The maximum Gasteiger partial charge on any atom is 0.270 e. The fraction of sp³-hybridized carbons (Fsp3) is 0.545. The van der Waals surface area contributed by atoms with Gasteiger partial charge in [-0.05, 0) is 24.5 Å². The summed E-state index contributed by atoms with van der Waals surface area (Å²) >= 11 is 0. The monoisotopic (exact) mass is 192 g/mol. The van der Waals surface area contributed by atoms with Crippen molar-refractivity contribution < 1.29 is 4.79 Å². The van der Waals surface area contributed by atoms with E-state index < -0.39 is 0 Å². The Labute approximate surface area is 84.3 Å². The van der Waals surface area contributed by atoms with E-state index in [1.807, 2.05) is 34.8 Å². The fourth-order valence-electron chi connectivity index (χ4n) is 1.96. The van der Waals surface area contributed by atoms with Crippen LogP contribution in [0.1, 0.15) is 23.8 Å². The Hall–Kier alpha value is -1.25. The van der Waals surface area contributed by atoms with Crippen LogP contribution in [-0.4, -0.2) is 28.5 Å². The molecule has 0 aromatic carbocycles. The summed E-state index contributed by atoms with van der Waals surface area (Å²) in [6, 6.07) is 3.79. The van der Waals surface area contributed by atoms with Gasteiger partial charge >= 0.3 is 0 Å². The average molecular weight is 192 g/mol. The van der Waals surface area contributed by atoms with Crippen LogP contribution in [-0.2, 0) is 7.05 Å². The first-order valence-electron chi connectivity index (χ1n) is 5.09. The zero-order valence-corrected chi connectivity index (χ0v) is 8.73. The van der Waals surface area contributed by atoms with E-state index in [9.17, 15) is 4.79 Å². The number of hydrogen-bond donors (Lipinski definition) is 0. The average Bonchev–Trinajstić information content (AvgIpc) is 2.73. The molecule has 3 nitrogen and oxygen atoms in total. The molecule has 76 valence electrons. The lowest BCUT2D eigenvalue weighted by molar-refractivity contribution is 0.0778. The zero-order valence-electron chi connectivity index (χ0n) is 8.73. The molecule has 1 atom stereocenters. The Kier molecular flexibility index (Phi) is 2.32. The maximum atomic E-state index is 12.0. The highest BCUT2D eigenvalue weighted by Gasteiger charge is 2.25. The minimum absolute atomic E-state index is 0.168. The van der Waals surface area contributed by atoms with Gasteiger partial charge in [-0.1, -0.05) is 6.92 Å². The topological polar surface area (TPSA) is 25.2 Å². The second-order valence-electron chi connectivity index (χ2n) is 4.15. The van der Waals surface area contributed by atoms with Crippen LogP contribution in [0.3, 0.4) is 0 Å². The zero-order chi connectivity index (χ0) is 10.1. The summed E-state index contributed by atoms with van der Waals surface area (Å²) in [4.78, 5) is 13.9. The van der Waals surface area contributed by atoms with Gasteiger partial charge in [-0.25, -0.2) is 0 Å². The molecule has 1 aliphatic rings. The minimum Gasteiger partial charge on any atom is -0.347 e. The molecular formula is C11H16N2O. The van der Waals surface area contributed by atoms with Crippen LogP contribution in [0.4, 0.5) is 0 Å². The number of likely N-dealkylation sites (tertiary alicyclic amines) is 1. The number of aromatic nitrogens is 1. The largest absolute Gasteiger partial charge is 0.347 e. The second kappa shape index (κ2) is 3.48. The number of carbonyl (C=O) groups excluding carboxylic acids is 1. The molecule has 1 aliphatic heterocycles. The molecule has 0 aliphatic carbocycles. The van der Waals surface area contributed by atoms with Crippen LogP contribution in [0.2, 0.25) is 0 Å². The van der Waals surface area contributed by atoms with Crippen LogP contribution < -0.4 is 0 Å². The van der Waals surface area contributed by atoms with Gasteiger partial charge in [-0.2, -0.15) is 0 Å². The molecule has 2 rings (SSSR count). The summed E-state index contributed by atoms with van der Waals surface area (Å²) in [5, 5.41) is 0. The normalized spacial score (nSPS) is 21.6. The van der Waals surface area contributed by atoms with Gasteiger partial charge in [0, 0.05) is 26.3 Å². The highest BCUT2D eigenvalue weighted by Crippen LogP contribution is 2.17. The molecule has 0 unspecified atom stereocenters. The van der Waals surface area contributed by atoms with Crippen LogP contribution in [0.25, 0.3) is 0 Å². The van der Waals surface area contributed by atoms with E-state index in [0.29, 0.717) is 5.92 Å². The molecule has 0 N–H and O–H groups in total. The molecule has 0 spiro atoms. The quantitative estimate of drug-likeness (QED) is 0.662. The first-order chi connectivity index (χ1) is 6.68. The van der Waals surface area contributed by atoms with Gasteiger partial charge in [0.1, 0.15) is 5.69 Å². The van der Waals surface area contributed by atoms with Crippen molar-refractivity contribution in [2.24, 2.45) is 13.0 Å². The maximum absolute atomic E-state index is 12.0. The van der Waals surface area contributed by atoms with Crippen molar-refractivity contribution in [3.05, 3.63) is 24.0 Å². The Morgan fingerprint density at radius 1 is 1.57 bits per heavy atom. The van der Waals surface area contributed by atoms with Gasteiger partial charge in [-0.15, -0.1) is 0 Å². The third-order valence-electron chi connectivity index (χ3n) is 2.87.